The van der Waals surface area contributed by atoms with Gasteiger partial charge in [0.25, 0.3) is 5.91 Å². The molecule has 0 spiro atoms. The van der Waals surface area contributed by atoms with E-state index in [-0.39, 0.29) is 27.8 Å². The second-order valence-electron chi connectivity index (χ2n) is 7.94. The third-order valence-corrected chi connectivity index (χ3v) is 5.89. The largest absolute Gasteiger partial charge is 0.480 e. The highest BCUT2D eigenvalue weighted by atomic mass is 35.5. The van der Waals surface area contributed by atoms with Crippen LogP contribution in [-0.2, 0) is 22.4 Å². The van der Waals surface area contributed by atoms with E-state index in [2.05, 4.69) is 15.6 Å². The van der Waals surface area contributed by atoms with E-state index in [1.165, 1.54) is 12.1 Å². The molecule has 3 N–H and O–H groups in total. The van der Waals surface area contributed by atoms with Crippen LogP contribution in [0.3, 0.4) is 0 Å². The molecule has 0 saturated carbocycles. The summed E-state index contributed by atoms with van der Waals surface area (Å²) in [5, 5.41) is 15.5. The minimum Gasteiger partial charge on any atom is -0.480 e. The highest BCUT2D eigenvalue weighted by Gasteiger charge is 2.23. The summed E-state index contributed by atoms with van der Waals surface area (Å²) in [7, 11) is 0. The van der Waals surface area contributed by atoms with Crippen LogP contribution in [0.4, 0.5) is 5.82 Å². The lowest BCUT2D eigenvalue weighted by Gasteiger charge is -2.16. The molecule has 9 heteroatoms. The van der Waals surface area contributed by atoms with Crippen molar-refractivity contribution in [3.8, 4) is 0 Å². The van der Waals surface area contributed by atoms with Crippen LogP contribution in [0.1, 0.15) is 34.3 Å². The van der Waals surface area contributed by atoms with Crippen molar-refractivity contribution < 1.29 is 19.5 Å². The third kappa shape index (κ3) is 8.09. The number of aromatic nitrogens is 1. The van der Waals surface area contributed by atoms with Crippen LogP contribution in [-0.4, -0.2) is 40.3 Å². The summed E-state index contributed by atoms with van der Waals surface area (Å²) in [5.74, 6) is -0.943. The van der Waals surface area contributed by atoms with E-state index in [9.17, 15) is 19.5 Å². The molecule has 1 aromatic heterocycles. The van der Waals surface area contributed by atoms with Crippen LogP contribution in [0.25, 0.3) is 0 Å². The second kappa shape index (κ2) is 12.9. The Hall–Kier alpha value is -3.42. The van der Waals surface area contributed by atoms with Gasteiger partial charge in [-0.2, -0.15) is 0 Å². The Balaban J connectivity index is 1.49. The van der Waals surface area contributed by atoms with Gasteiger partial charge < -0.3 is 15.7 Å². The number of hydrogen-bond donors (Lipinski definition) is 3. The Morgan fingerprint density at radius 3 is 2.23 bits per heavy atom. The molecule has 0 fully saturated rings. The molecule has 0 radical (unpaired) electrons. The van der Waals surface area contributed by atoms with Crippen molar-refractivity contribution in [2.24, 2.45) is 0 Å². The highest BCUT2D eigenvalue weighted by molar-refractivity contribution is 6.39. The van der Waals surface area contributed by atoms with E-state index >= 15 is 0 Å². The maximum atomic E-state index is 12.6. The van der Waals surface area contributed by atoms with Crippen molar-refractivity contribution in [2.45, 2.75) is 31.7 Å². The first-order chi connectivity index (χ1) is 16.8. The van der Waals surface area contributed by atoms with E-state index in [0.29, 0.717) is 31.4 Å². The summed E-state index contributed by atoms with van der Waals surface area (Å²) in [6, 6.07) is 16.2. The summed E-state index contributed by atoms with van der Waals surface area (Å²) in [6.45, 7) is 0.656. The van der Waals surface area contributed by atoms with E-state index in [1.54, 1.807) is 36.5 Å². The molecule has 0 unspecified atom stereocenters. The molecule has 2 aromatic carbocycles. The number of carbonyl (C=O) groups excluding carboxylic acids is 2. The maximum absolute atomic E-state index is 12.6. The fourth-order valence-corrected chi connectivity index (χ4v) is 4.03. The topological polar surface area (TPSA) is 108 Å². The van der Waals surface area contributed by atoms with Crippen LogP contribution in [0.5, 0.6) is 0 Å². The predicted octanol–water partition coefficient (Wildman–Crippen LogP) is 4.82. The smallest absolute Gasteiger partial charge is 0.326 e. The molecule has 1 atom stereocenters. The number of carboxylic acid groups (broad SMARTS) is 1. The first-order valence-corrected chi connectivity index (χ1v) is 11.8. The molecule has 1 amide bonds. The number of carboxylic acids is 1. The molecule has 1 heterocycles. The summed E-state index contributed by atoms with van der Waals surface area (Å²) in [6.07, 6.45) is 3.21. The van der Waals surface area contributed by atoms with Crippen LogP contribution < -0.4 is 10.6 Å². The maximum Gasteiger partial charge on any atom is 0.326 e. The molecule has 3 rings (SSSR count). The number of aliphatic carboxylic acids is 1. The number of hydrogen-bond acceptors (Lipinski definition) is 5. The standard InChI is InChI=1S/C26H25Cl2N3O4/c27-20-6-3-7-21(28)24(20)25(33)31-22(26(34)35)16-18-11-9-17(10-12-18)15-19(32)5-4-14-30-23-8-1-2-13-29-23/h1-3,6-13,22H,4-5,14-16H2,(H,29,30)(H,31,33)(H,34,35)/t22-/m0/s1. The van der Waals surface area contributed by atoms with Crippen LogP contribution in [0.2, 0.25) is 10.0 Å². The summed E-state index contributed by atoms with van der Waals surface area (Å²) in [4.78, 5) is 40.8. The summed E-state index contributed by atoms with van der Waals surface area (Å²) in [5.41, 5.74) is 1.58. The molecule has 0 aliphatic heterocycles. The highest BCUT2D eigenvalue weighted by Crippen LogP contribution is 2.24. The van der Waals surface area contributed by atoms with Gasteiger partial charge in [0.2, 0.25) is 0 Å². The minimum atomic E-state index is -1.18. The Morgan fingerprint density at radius 2 is 1.60 bits per heavy atom. The van der Waals surface area contributed by atoms with Crippen molar-refractivity contribution in [3.05, 3.63) is 93.6 Å². The lowest BCUT2D eigenvalue weighted by molar-refractivity contribution is -0.139. The van der Waals surface area contributed by atoms with Gasteiger partial charge in [-0.3, -0.25) is 9.59 Å². The van der Waals surface area contributed by atoms with Crippen molar-refractivity contribution in [1.82, 2.24) is 10.3 Å². The number of ketones is 1. The fourth-order valence-electron chi connectivity index (χ4n) is 3.46. The molecule has 0 saturated heterocycles. The first-order valence-electron chi connectivity index (χ1n) is 11.1. The van der Waals surface area contributed by atoms with Crippen LogP contribution in [0.15, 0.2) is 66.9 Å². The first kappa shape index (κ1) is 26.2. The van der Waals surface area contributed by atoms with Crippen LogP contribution >= 0.6 is 23.2 Å². The second-order valence-corrected chi connectivity index (χ2v) is 8.76. The minimum absolute atomic E-state index is 0.0335. The fraction of sp³-hybridized carbons (Fsp3) is 0.231. The number of pyridine rings is 1. The number of amides is 1. The zero-order chi connectivity index (χ0) is 25.2. The van der Waals surface area contributed by atoms with E-state index in [1.807, 2.05) is 18.2 Å². The molecule has 0 aliphatic carbocycles. The van der Waals surface area contributed by atoms with Gasteiger partial charge in [0.05, 0.1) is 15.6 Å². The Bertz CT molecular complexity index is 1150. The summed E-state index contributed by atoms with van der Waals surface area (Å²) < 4.78 is 0. The molecule has 0 bridgehead atoms. The van der Waals surface area contributed by atoms with Crippen LogP contribution in [0, 0.1) is 0 Å². The number of nitrogens with zero attached hydrogens (tertiary/aromatic N) is 1. The lowest BCUT2D eigenvalue weighted by atomic mass is 10.0. The quantitative estimate of drug-likeness (QED) is 0.299. The van der Waals surface area contributed by atoms with E-state index in [4.69, 9.17) is 23.2 Å². The molecular weight excluding hydrogens is 489 g/mol. The van der Waals surface area contributed by atoms with Crippen molar-refractivity contribution in [1.29, 1.82) is 0 Å². The normalized spacial score (nSPS) is 11.5. The number of anilines is 1. The Labute approximate surface area is 213 Å². The Kier molecular flexibility index (Phi) is 9.64. The molecule has 35 heavy (non-hydrogen) atoms. The average Bonchev–Trinajstić information content (AvgIpc) is 2.83. The molecule has 7 nitrogen and oxygen atoms in total. The average molecular weight is 514 g/mol. The monoisotopic (exact) mass is 513 g/mol. The Morgan fingerprint density at radius 1 is 0.914 bits per heavy atom. The number of halogens is 2. The zero-order valence-corrected chi connectivity index (χ0v) is 20.4. The zero-order valence-electron chi connectivity index (χ0n) is 18.8. The predicted molar refractivity (Wildman–Crippen MR) is 136 cm³/mol. The number of nitrogens with one attached hydrogen (secondary N) is 2. The van der Waals surface area contributed by atoms with Gasteiger partial charge in [-0.05, 0) is 41.8 Å². The van der Waals surface area contributed by atoms with E-state index in [0.717, 1.165) is 11.4 Å². The SMILES string of the molecule is O=C(CCCNc1ccccn1)Cc1ccc(C[C@H](NC(=O)c2c(Cl)cccc2Cl)C(=O)O)cc1. The van der Waals surface area contributed by atoms with Gasteiger partial charge in [-0.25, -0.2) is 9.78 Å². The van der Waals surface area contributed by atoms with Gasteiger partial charge in [0.1, 0.15) is 17.6 Å². The van der Waals surface area contributed by atoms with Crippen molar-refractivity contribution in [3.63, 3.8) is 0 Å². The van der Waals surface area contributed by atoms with Gasteiger partial charge in [-0.15, -0.1) is 0 Å². The lowest BCUT2D eigenvalue weighted by Crippen LogP contribution is -2.42. The number of Topliss-reactive ketones (excluding diaryl/α,β-unsaturated/α-hetero) is 1. The third-order valence-electron chi connectivity index (χ3n) is 5.26. The van der Waals surface area contributed by atoms with Gasteiger partial charge >= 0.3 is 5.97 Å². The van der Waals surface area contributed by atoms with Gasteiger partial charge in [-0.1, -0.05) is 59.6 Å². The molecule has 3 aromatic rings. The van der Waals surface area contributed by atoms with E-state index < -0.39 is 17.9 Å². The number of carbonyl (C=O) groups is 3. The van der Waals surface area contributed by atoms with Gasteiger partial charge in [0.15, 0.2) is 0 Å². The molecule has 182 valence electrons. The molecular formula is C26H25Cl2N3O4. The number of rotatable bonds is 12. The van der Waals surface area contributed by atoms with Crippen molar-refractivity contribution >= 4 is 46.7 Å². The van der Waals surface area contributed by atoms with Gasteiger partial charge in [0, 0.05) is 32.0 Å². The summed E-state index contributed by atoms with van der Waals surface area (Å²) >= 11 is 12.1. The molecule has 0 aliphatic rings. The van der Waals surface area contributed by atoms with Crippen molar-refractivity contribution in [2.75, 3.05) is 11.9 Å². The number of benzene rings is 2.